The van der Waals surface area contributed by atoms with Crippen molar-refractivity contribution in [1.29, 1.82) is 0 Å². The third kappa shape index (κ3) is 9.11. The number of anilines is 2. The van der Waals surface area contributed by atoms with Gasteiger partial charge in [-0.3, -0.25) is 14.9 Å². The quantitative estimate of drug-likeness (QED) is 0.0791. The van der Waals surface area contributed by atoms with E-state index in [4.69, 9.17) is 21.1 Å². The number of benzene rings is 3. The van der Waals surface area contributed by atoms with Gasteiger partial charge in [0.15, 0.2) is 0 Å². The fourth-order valence-corrected chi connectivity index (χ4v) is 7.19. The van der Waals surface area contributed by atoms with Crippen molar-refractivity contribution in [3.63, 3.8) is 0 Å². The second-order valence-electron chi connectivity index (χ2n) is 12.5. The summed E-state index contributed by atoms with van der Waals surface area (Å²) in [4.78, 5) is 42.1. The number of nitrogens with one attached hydrogen (secondary N) is 4. The molecule has 0 aliphatic carbocycles. The van der Waals surface area contributed by atoms with E-state index in [-0.39, 0.29) is 41.8 Å². The number of para-hydroxylation sites is 1. The summed E-state index contributed by atoms with van der Waals surface area (Å²) in [6.45, 7) is 2.42. The van der Waals surface area contributed by atoms with Crippen LogP contribution in [0.1, 0.15) is 36.5 Å². The molecule has 1 atom stereocenters. The van der Waals surface area contributed by atoms with Crippen LogP contribution in [0.2, 0.25) is 5.02 Å². The number of hydrogen-bond donors (Lipinski definition) is 6. The van der Waals surface area contributed by atoms with Gasteiger partial charge >= 0.3 is 6.09 Å². The Kier molecular flexibility index (Phi) is 12.1. The summed E-state index contributed by atoms with van der Waals surface area (Å²) in [5.74, 6) is 0.238. The molecule has 0 bridgehead atoms. The summed E-state index contributed by atoms with van der Waals surface area (Å²) in [5, 5.41) is 34.9. The molecule has 1 aliphatic rings. The van der Waals surface area contributed by atoms with Gasteiger partial charge in [-0.15, -0.1) is 0 Å². The fraction of sp³-hybridized carbons (Fsp3) is 0.289. The second-order valence-corrected chi connectivity index (χ2v) is 13.7. The number of rotatable bonds is 13. The van der Waals surface area contributed by atoms with Gasteiger partial charge in [-0.25, -0.2) is 4.79 Å². The molecule has 0 saturated carbocycles. The van der Waals surface area contributed by atoms with E-state index in [2.05, 4.69) is 25.8 Å². The number of aromatic amines is 1. The van der Waals surface area contributed by atoms with E-state index < -0.39 is 12.2 Å². The summed E-state index contributed by atoms with van der Waals surface area (Å²) >= 11 is 8.17. The summed E-state index contributed by atoms with van der Waals surface area (Å²) in [6, 6.07) is 19.0. The molecule has 1 unspecified atom stereocenters. The van der Waals surface area contributed by atoms with Crippen LogP contribution in [-0.2, 0) is 16.1 Å². The molecule has 12 nitrogen and oxygen atoms in total. The number of ether oxygens (including phenoxy) is 2. The van der Waals surface area contributed by atoms with Gasteiger partial charge in [-0.05, 0) is 65.1 Å². The number of hydrogen-bond acceptors (Lipinski definition) is 10. The van der Waals surface area contributed by atoms with Crippen molar-refractivity contribution in [2.45, 2.75) is 38.0 Å². The molecule has 3 aromatic carbocycles. The number of thiophene rings is 1. The minimum absolute atomic E-state index is 0.0794. The number of aromatic nitrogens is 1. The van der Waals surface area contributed by atoms with Crippen LogP contribution in [-0.4, -0.2) is 71.5 Å². The van der Waals surface area contributed by atoms with Crippen molar-refractivity contribution in [2.75, 3.05) is 43.9 Å². The number of phenolic OH excluding ortho intramolecular Hbond substituents is 1. The number of methoxy groups -OCH3 is 1. The highest BCUT2D eigenvalue weighted by Crippen LogP contribution is 2.33. The molecule has 6 rings (SSSR count). The molecule has 1 fully saturated rings. The van der Waals surface area contributed by atoms with E-state index in [1.54, 1.807) is 35.6 Å². The zero-order chi connectivity index (χ0) is 36.6. The predicted octanol–water partition coefficient (Wildman–Crippen LogP) is 6.49. The molecule has 3 heterocycles. The molecule has 5 aromatic rings. The molecule has 52 heavy (non-hydrogen) atoms. The number of likely N-dealkylation sites (tertiary alicyclic amines) is 1. The first-order valence-electron chi connectivity index (χ1n) is 16.9. The van der Waals surface area contributed by atoms with E-state index in [1.165, 1.54) is 19.2 Å². The highest BCUT2D eigenvalue weighted by atomic mass is 35.5. The number of piperidine rings is 1. The van der Waals surface area contributed by atoms with Crippen LogP contribution in [0.5, 0.6) is 11.5 Å². The molecule has 0 spiro atoms. The van der Waals surface area contributed by atoms with Gasteiger partial charge in [-0.2, -0.15) is 11.3 Å². The average Bonchev–Trinajstić information content (AvgIpc) is 3.68. The van der Waals surface area contributed by atoms with Gasteiger partial charge in [0.1, 0.15) is 17.6 Å². The van der Waals surface area contributed by atoms with Crippen LogP contribution in [0.25, 0.3) is 22.0 Å². The Morgan fingerprint density at radius 2 is 1.87 bits per heavy atom. The molecule has 272 valence electrons. The molecule has 6 N–H and O–H groups in total. The van der Waals surface area contributed by atoms with Gasteiger partial charge < -0.3 is 40.2 Å². The van der Waals surface area contributed by atoms with E-state index in [0.29, 0.717) is 72.1 Å². The first-order valence-corrected chi connectivity index (χ1v) is 18.2. The van der Waals surface area contributed by atoms with E-state index in [9.17, 15) is 24.6 Å². The number of phenols is 1. The Morgan fingerprint density at radius 3 is 2.63 bits per heavy atom. The van der Waals surface area contributed by atoms with Crippen LogP contribution >= 0.6 is 22.9 Å². The number of nitrogens with zero attached hydrogens (tertiary/aromatic N) is 1. The Morgan fingerprint density at radius 1 is 1.06 bits per heavy atom. The minimum Gasteiger partial charge on any atom is -0.506 e. The molecule has 1 aliphatic heterocycles. The summed E-state index contributed by atoms with van der Waals surface area (Å²) in [5.41, 5.74) is 4.30. The third-order valence-electron chi connectivity index (χ3n) is 9.02. The number of H-pyrrole nitrogens is 1. The zero-order valence-corrected chi connectivity index (χ0v) is 30.1. The fourth-order valence-electron chi connectivity index (χ4n) is 6.30. The first kappa shape index (κ1) is 36.9. The molecule has 2 amide bonds. The number of pyridine rings is 1. The zero-order valence-electron chi connectivity index (χ0n) is 28.5. The normalized spacial score (nSPS) is 14.2. The number of carbonyl (C=O) groups is 2. The standard InChI is InChI=1S/C38H40ClN5O7S/c1-50-34-19-31(29(39)18-24(34)20-40-21-33(46)27-6-8-32(45)37-28(27)7-9-35(47)43-37)41-36(48)12-16-44-14-10-25(11-15-44)51-38(49)42-30-5-3-2-4-26(30)23-13-17-52-22-23/h2-9,13,17-19,22,25,33,40,45-46H,10-12,14-16,20-21H2,1H3,(H,41,48)(H,42,49)(H,43,47). The van der Waals surface area contributed by atoms with Crippen LogP contribution in [0.3, 0.4) is 0 Å². The molecule has 14 heteroatoms. The van der Waals surface area contributed by atoms with Crippen molar-refractivity contribution in [1.82, 2.24) is 15.2 Å². The third-order valence-corrected chi connectivity index (χ3v) is 10.0. The molecular formula is C38H40ClN5O7S. The van der Waals surface area contributed by atoms with Crippen molar-refractivity contribution in [3.05, 3.63) is 104 Å². The Hall–Kier alpha value is -4.92. The lowest BCUT2D eigenvalue weighted by Gasteiger charge is -2.31. The maximum Gasteiger partial charge on any atom is 0.411 e. The Balaban J connectivity index is 0.943. The maximum absolute atomic E-state index is 12.9. The molecule has 1 saturated heterocycles. The number of aliphatic hydroxyl groups excluding tert-OH is 1. The highest BCUT2D eigenvalue weighted by Gasteiger charge is 2.24. The van der Waals surface area contributed by atoms with E-state index in [0.717, 1.165) is 16.7 Å². The number of carbonyl (C=O) groups excluding carboxylic acids is 2. The van der Waals surface area contributed by atoms with Gasteiger partial charge in [0.2, 0.25) is 11.5 Å². The predicted molar refractivity (Wildman–Crippen MR) is 203 cm³/mol. The lowest BCUT2D eigenvalue weighted by Crippen LogP contribution is -2.39. The number of aromatic hydroxyl groups is 1. The number of aliphatic hydroxyl groups is 1. The van der Waals surface area contributed by atoms with E-state index >= 15 is 0 Å². The van der Waals surface area contributed by atoms with Gasteiger partial charge in [-0.1, -0.05) is 35.9 Å². The lowest BCUT2D eigenvalue weighted by molar-refractivity contribution is -0.116. The van der Waals surface area contributed by atoms with Crippen molar-refractivity contribution < 1.29 is 29.3 Å². The SMILES string of the molecule is COc1cc(NC(=O)CCN2CCC(OC(=O)Nc3ccccc3-c3ccsc3)CC2)c(Cl)cc1CNCC(O)c1ccc(O)c2[nH]c(=O)ccc12. The van der Waals surface area contributed by atoms with Crippen LogP contribution in [0, 0.1) is 0 Å². The summed E-state index contributed by atoms with van der Waals surface area (Å²) < 4.78 is 11.3. The summed E-state index contributed by atoms with van der Waals surface area (Å²) in [6.07, 6.45) is -0.0242. The smallest absolute Gasteiger partial charge is 0.411 e. The maximum atomic E-state index is 12.9. The topological polar surface area (TPSA) is 165 Å². The van der Waals surface area contributed by atoms with E-state index in [1.807, 2.05) is 41.1 Å². The van der Waals surface area contributed by atoms with Crippen LogP contribution in [0.15, 0.2) is 82.3 Å². The summed E-state index contributed by atoms with van der Waals surface area (Å²) in [7, 11) is 1.53. The van der Waals surface area contributed by atoms with Crippen LogP contribution in [0.4, 0.5) is 16.2 Å². The molecular weight excluding hydrogens is 706 g/mol. The van der Waals surface area contributed by atoms with Crippen molar-refractivity contribution in [3.8, 4) is 22.6 Å². The Labute approximate surface area is 309 Å². The van der Waals surface area contributed by atoms with Gasteiger partial charge in [0, 0.05) is 67.8 Å². The average molecular weight is 746 g/mol. The molecule has 2 aromatic heterocycles. The second kappa shape index (κ2) is 17.1. The number of halogens is 1. The van der Waals surface area contributed by atoms with Crippen molar-refractivity contribution in [2.24, 2.45) is 0 Å². The van der Waals surface area contributed by atoms with Crippen LogP contribution < -0.4 is 26.2 Å². The van der Waals surface area contributed by atoms with Crippen molar-refractivity contribution >= 4 is 57.2 Å². The monoisotopic (exact) mass is 745 g/mol. The molecule has 0 radical (unpaired) electrons. The number of fused-ring (bicyclic) bond motifs is 1. The lowest BCUT2D eigenvalue weighted by atomic mass is 10.0. The largest absolute Gasteiger partial charge is 0.506 e. The van der Waals surface area contributed by atoms with Gasteiger partial charge in [0.25, 0.3) is 0 Å². The first-order chi connectivity index (χ1) is 25.2. The Bertz CT molecular complexity index is 2080. The van der Waals surface area contributed by atoms with Gasteiger partial charge in [0.05, 0.1) is 35.1 Å². The highest BCUT2D eigenvalue weighted by molar-refractivity contribution is 7.08. The minimum atomic E-state index is -0.934. The number of amides is 2.